The predicted octanol–water partition coefficient (Wildman–Crippen LogP) is 5.89. The third-order valence-corrected chi connectivity index (χ3v) is 5.24. The zero-order valence-corrected chi connectivity index (χ0v) is 16.6. The molecule has 0 radical (unpaired) electrons. The van der Waals surface area contributed by atoms with Gasteiger partial charge in [-0.1, -0.05) is 12.1 Å². The number of hydrogen-bond donors (Lipinski definition) is 0. The van der Waals surface area contributed by atoms with Crippen LogP contribution in [0.3, 0.4) is 0 Å². The van der Waals surface area contributed by atoms with Gasteiger partial charge in [-0.15, -0.1) is 0 Å². The van der Waals surface area contributed by atoms with Gasteiger partial charge in [0.25, 0.3) is 0 Å². The van der Waals surface area contributed by atoms with Crippen molar-refractivity contribution < 1.29 is 13.9 Å². The van der Waals surface area contributed by atoms with Gasteiger partial charge in [-0.25, -0.2) is 4.39 Å². The lowest BCUT2D eigenvalue weighted by molar-refractivity contribution is 0.201. The van der Waals surface area contributed by atoms with Crippen LogP contribution in [0.4, 0.5) is 15.8 Å². The average molecular weight is 392 g/mol. The molecule has 1 aliphatic rings. The average Bonchev–Trinajstić information content (AvgIpc) is 3.26. The summed E-state index contributed by atoms with van der Waals surface area (Å²) in [6.07, 6.45) is 8.32. The number of ether oxygens (including phenoxy) is 2. The number of benzene rings is 2. The Hall–Kier alpha value is -3.08. The topological polar surface area (TPSA) is 34.6 Å². The van der Waals surface area contributed by atoms with Crippen molar-refractivity contribution in [3.63, 3.8) is 0 Å². The van der Waals surface area contributed by atoms with E-state index in [4.69, 9.17) is 9.47 Å². The molecule has 1 saturated carbocycles. The molecular formula is C24H25FN2O2. The van der Waals surface area contributed by atoms with Crippen molar-refractivity contribution in [2.75, 3.05) is 12.0 Å². The van der Waals surface area contributed by atoms with Gasteiger partial charge < -0.3 is 14.4 Å². The van der Waals surface area contributed by atoms with Gasteiger partial charge in [0, 0.05) is 36.4 Å². The number of halogens is 1. The maximum absolute atomic E-state index is 14.0. The summed E-state index contributed by atoms with van der Waals surface area (Å²) in [6, 6.07) is 16.4. The van der Waals surface area contributed by atoms with Crippen LogP contribution in [-0.4, -0.2) is 18.2 Å². The molecule has 2 aromatic carbocycles. The molecule has 1 fully saturated rings. The molecule has 1 aliphatic carbocycles. The third kappa shape index (κ3) is 4.67. The van der Waals surface area contributed by atoms with E-state index in [0.29, 0.717) is 12.3 Å². The molecule has 0 aliphatic heterocycles. The summed E-state index contributed by atoms with van der Waals surface area (Å²) in [7, 11) is 1.65. The molecule has 0 amide bonds. The molecule has 3 aromatic rings. The van der Waals surface area contributed by atoms with Gasteiger partial charge >= 0.3 is 0 Å². The Morgan fingerprint density at radius 3 is 2.55 bits per heavy atom. The normalized spacial score (nSPS) is 14.0. The summed E-state index contributed by atoms with van der Waals surface area (Å²) in [5.41, 5.74) is 2.71. The highest BCUT2D eigenvalue weighted by Crippen LogP contribution is 2.37. The first-order valence-corrected chi connectivity index (χ1v) is 9.99. The van der Waals surface area contributed by atoms with Crippen LogP contribution in [0.2, 0.25) is 0 Å². The van der Waals surface area contributed by atoms with Crippen LogP contribution in [0.5, 0.6) is 11.5 Å². The second-order valence-electron chi connectivity index (χ2n) is 7.29. The van der Waals surface area contributed by atoms with Crippen LogP contribution in [0.25, 0.3) is 0 Å². The van der Waals surface area contributed by atoms with E-state index in [9.17, 15) is 4.39 Å². The summed E-state index contributed by atoms with van der Waals surface area (Å²) >= 11 is 0. The number of methoxy groups -OCH3 is 1. The van der Waals surface area contributed by atoms with Gasteiger partial charge in [0.15, 0.2) is 11.5 Å². The molecular weight excluding hydrogens is 367 g/mol. The van der Waals surface area contributed by atoms with Crippen LogP contribution in [-0.2, 0) is 6.54 Å². The number of hydrogen-bond acceptors (Lipinski definition) is 4. The summed E-state index contributed by atoms with van der Waals surface area (Å²) in [6.45, 7) is 0.562. The number of nitrogens with zero attached hydrogens (tertiary/aromatic N) is 2. The maximum Gasteiger partial charge on any atom is 0.163 e. The molecule has 29 heavy (non-hydrogen) atoms. The number of pyridine rings is 1. The Labute approximate surface area is 170 Å². The molecule has 0 saturated heterocycles. The van der Waals surface area contributed by atoms with Crippen LogP contribution in [0, 0.1) is 5.82 Å². The Morgan fingerprint density at radius 1 is 1.00 bits per heavy atom. The maximum atomic E-state index is 14.0. The van der Waals surface area contributed by atoms with Crippen LogP contribution in [0.1, 0.15) is 31.2 Å². The Morgan fingerprint density at radius 2 is 1.83 bits per heavy atom. The van der Waals surface area contributed by atoms with E-state index < -0.39 is 0 Å². The van der Waals surface area contributed by atoms with E-state index in [1.54, 1.807) is 19.4 Å². The quantitative estimate of drug-likeness (QED) is 0.502. The third-order valence-electron chi connectivity index (χ3n) is 5.24. The van der Waals surface area contributed by atoms with Crippen LogP contribution in [0.15, 0.2) is 67.0 Å². The summed E-state index contributed by atoms with van der Waals surface area (Å²) in [4.78, 5) is 6.27. The highest BCUT2D eigenvalue weighted by atomic mass is 19.1. The predicted molar refractivity (Wildman–Crippen MR) is 112 cm³/mol. The monoisotopic (exact) mass is 392 g/mol. The fourth-order valence-corrected chi connectivity index (χ4v) is 3.76. The Balaban J connectivity index is 1.71. The smallest absolute Gasteiger partial charge is 0.163 e. The highest BCUT2D eigenvalue weighted by Gasteiger charge is 2.20. The molecule has 4 rings (SSSR count). The van der Waals surface area contributed by atoms with Gasteiger partial charge in [-0.2, -0.15) is 0 Å². The van der Waals surface area contributed by atoms with Crippen molar-refractivity contribution in [1.29, 1.82) is 0 Å². The molecule has 0 unspecified atom stereocenters. The molecule has 1 heterocycles. The number of aromatic nitrogens is 1. The molecule has 0 bridgehead atoms. The van der Waals surface area contributed by atoms with Crippen LogP contribution >= 0.6 is 0 Å². The fourth-order valence-electron chi connectivity index (χ4n) is 3.76. The van der Waals surface area contributed by atoms with E-state index in [1.807, 2.05) is 42.6 Å². The minimum Gasteiger partial charge on any atom is -0.493 e. The van der Waals surface area contributed by atoms with Crippen molar-refractivity contribution in [1.82, 2.24) is 4.98 Å². The first-order chi connectivity index (χ1) is 14.2. The molecule has 150 valence electrons. The van der Waals surface area contributed by atoms with Crippen LogP contribution < -0.4 is 14.4 Å². The zero-order chi connectivity index (χ0) is 20.1. The second-order valence-corrected chi connectivity index (χ2v) is 7.29. The first-order valence-electron chi connectivity index (χ1n) is 9.99. The minimum absolute atomic E-state index is 0.222. The largest absolute Gasteiger partial charge is 0.493 e. The Kier molecular flexibility index (Phi) is 5.94. The number of anilines is 2. The van der Waals surface area contributed by atoms with E-state index in [-0.39, 0.29) is 11.9 Å². The van der Waals surface area contributed by atoms with Gasteiger partial charge in [-0.05, 0) is 67.6 Å². The summed E-state index contributed by atoms with van der Waals surface area (Å²) in [5.74, 6) is 1.17. The zero-order valence-electron chi connectivity index (χ0n) is 16.6. The molecule has 0 atom stereocenters. The van der Waals surface area contributed by atoms with E-state index in [1.165, 1.54) is 25.0 Å². The molecule has 1 aromatic heterocycles. The second kappa shape index (κ2) is 8.95. The van der Waals surface area contributed by atoms with E-state index >= 15 is 0 Å². The van der Waals surface area contributed by atoms with Crippen molar-refractivity contribution in [3.8, 4) is 11.5 Å². The molecule has 5 heteroatoms. The highest BCUT2D eigenvalue weighted by molar-refractivity contribution is 5.66. The first kappa shape index (κ1) is 19.2. The van der Waals surface area contributed by atoms with Crippen molar-refractivity contribution in [3.05, 3.63) is 78.4 Å². The van der Waals surface area contributed by atoms with E-state index in [0.717, 1.165) is 35.5 Å². The van der Waals surface area contributed by atoms with Crippen molar-refractivity contribution in [2.45, 2.75) is 38.3 Å². The van der Waals surface area contributed by atoms with Crippen molar-refractivity contribution in [2.24, 2.45) is 0 Å². The lowest BCUT2D eigenvalue weighted by Crippen LogP contribution is -2.17. The van der Waals surface area contributed by atoms with Crippen molar-refractivity contribution >= 4 is 11.4 Å². The summed E-state index contributed by atoms with van der Waals surface area (Å²) < 4.78 is 25.7. The van der Waals surface area contributed by atoms with E-state index in [2.05, 4.69) is 9.88 Å². The van der Waals surface area contributed by atoms with Gasteiger partial charge in [0.1, 0.15) is 5.82 Å². The molecule has 4 nitrogen and oxygen atoms in total. The standard InChI is InChI=1S/C24H25FN2O2/c1-28-23-12-11-21(15-24(23)29-22-9-2-3-10-22)27(17-18-6-5-13-26-16-18)20-8-4-7-19(25)14-20/h4-8,11-16,22H,2-3,9-10,17H2,1H3. The lowest BCUT2D eigenvalue weighted by atomic mass is 10.1. The minimum atomic E-state index is -0.269. The lowest BCUT2D eigenvalue weighted by Gasteiger charge is -2.26. The molecule has 0 spiro atoms. The van der Waals surface area contributed by atoms with Gasteiger partial charge in [0.2, 0.25) is 0 Å². The SMILES string of the molecule is COc1ccc(N(Cc2cccnc2)c2cccc(F)c2)cc1OC1CCCC1. The Bertz CT molecular complexity index is 943. The van der Waals surface area contributed by atoms with Gasteiger partial charge in [0.05, 0.1) is 13.2 Å². The van der Waals surface area contributed by atoms with Gasteiger partial charge in [-0.3, -0.25) is 4.98 Å². The summed E-state index contributed by atoms with van der Waals surface area (Å²) in [5, 5.41) is 0. The number of rotatable bonds is 7. The fraction of sp³-hybridized carbons (Fsp3) is 0.292. The molecule has 0 N–H and O–H groups in total.